The molecular formula is C30H34ClN3O4S. The highest BCUT2D eigenvalue weighted by molar-refractivity contribution is 7.92. The van der Waals surface area contributed by atoms with E-state index in [1.54, 1.807) is 49.4 Å². The van der Waals surface area contributed by atoms with Crippen LogP contribution in [0.5, 0.6) is 0 Å². The molecule has 39 heavy (non-hydrogen) atoms. The summed E-state index contributed by atoms with van der Waals surface area (Å²) in [7, 11) is -4.10. The summed E-state index contributed by atoms with van der Waals surface area (Å²) < 4.78 is 28.6. The number of anilines is 1. The summed E-state index contributed by atoms with van der Waals surface area (Å²) in [4.78, 5) is 28.7. The minimum absolute atomic E-state index is 0.0601. The zero-order valence-corrected chi connectivity index (χ0v) is 23.8. The molecule has 0 bridgehead atoms. The first-order valence-electron chi connectivity index (χ1n) is 13.1. The van der Waals surface area contributed by atoms with Crippen LogP contribution >= 0.6 is 11.6 Å². The standard InChI is InChI=1S/C30H34ClN3O4S/c1-22-12-14-24(15-13-22)20-33(23(2)30(36)32-26-8-6-7-9-26)29(35)21-34(27-18-16-25(31)17-19-27)39(37,38)28-10-4-3-5-11-28/h3-5,10-19,23,26H,6-9,20-21H2,1-2H3,(H,32,36). The third-order valence-electron chi connectivity index (χ3n) is 7.07. The van der Waals surface area contributed by atoms with Crippen LogP contribution in [0.1, 0.15) is 43.7 Å². The number of hydrogen-bond donors (Lipinski definition) is 1. The molecule has 1 unspecified atom stereocenters. The third kappa shape index (κ3) is 7.19. The highest BCUT2D eigenvalue weighted by Gasteiger charge is 2.33. The van der Waals surface area contributed by atoms with Crippen LogP contribution < -0.4 is 9.62 Å². The largest absolute Gasteiger partial charge is 0.352 e. The van der Waals surface area contributed by atoms with Crippen molar-refractivity contribution in [1.29, 1.82) is 0 Å². The van der Waals surface area contributed by atoms with Crippen molar-refractivity contribution in [2.75, 3.05) is 10.8 Å². The summed E-state index contributed by atoms with van der Waals surface area (Å²) in [5.74, 6) is -0.731. The van der Waals surface area contributed by atoms with Crippen molar-refractivity contribution < 1.29 is 18.0 Å². The van der Waals surface area contributed by atoms with Crippen molar-refractivity contribution in [3.8, 4) is 0 Å². The van der Waals surface area contributed by atoms with Crippen molar-refractivity contribution in [3.63, 3.8) is 0 Å². The number of aryl methyl sites for hydroxylation is 1. The molecule has 0 aliphatic heterocycles. The van der Waals surface area contributed by atoms with Crippen LogP contribution in [0.2, 0.25) is 5.02 Å². The van der Waals surface area contributed by atoms with Crippen molar-refractivity contribution >= 4 is 39.1 Å². The van der Waals surface area contributed by atoms with Crippen LogP contribution in [0, 0.1) is 6.92 Å². The Labute approximate surface area is 235 Å². The summed E-state index contributed by atoms with van der Waals surface area (Å²) in [5, 5.41) is 3.52. The van der Waals surface area contributed by atoms with E-state index < -0.39 is 28.5 Å². The van der Waals surface area contributed by atoms with Crippen LogP contribution in [0.15, 0.2) is 83.8 Å². The molecule has 0 aromatic heterocycles. The van der Waals surface area contributed by atoms with Gasteiger partial charge >= 0.3 is 0 Å². The fraction of sp³-hybridized carbons (Fsp3) is 0.333. The lowest BCUT2D eigenvalue weighted by atomic mass is 10.1. The second-order valence-corrected chi connectivity index (χ2v) is 12.3. The lowest BCUT2D eigenvalue weighted by Gasteiger charge is -2.32. The number of carbonyl (C=O) groups excluding carboxylic acids is 2. The predicted molar refractivity (Wildman–Crippen MR) is 154 cm³/mol. The highest BCUT2D eigenvalue weighted by atomic mass is 35.5. The number of nitrogens with one attached hydrogen (secondary N) is 1. The van der Waals surface area contributed by atoms with Crippen LogP contribution in [-0.4, -0.2) is 43.8 Å². The second-order valence-electron chi connectivity index (χ2n) is 9.97. The normalized spacial score (nSPS) is 14.5. The van der Waals surface area contributed by atoms with Gasteiger partial charge in [0.05, 0.1) is 10.6 Å². The zero-order chi connectivity index (χ0) is 28.0. The Hall–Kier alpha value is -3.36. The third-order valence-corrected chi connectivity index (χ3v) is 9.11. The number of benzene rings is 3. The molecule has 1 N–H and O–H groups in total. The van der Waals surface area contributed by atoms with E-state index >= 15 is 0 Å². The van der Waals surface area contributed by atoms with Crippen molar-refractivity contribution in [3.05, 3.63) is 95.0 Å². The first kappa shape index (κ1) is 28.6. The van der Waals surface area contributed by atoms with Gasteiger partial charge in [-0.15, -0.1) is 0 Å². The Balaban J connectivity index is 1.66. The summed E-state index contributed by atoms with van der Waals surface area (Å²) >= 11 is 6.06. The molecule has 1 aliphatic carbocycles. The zero-order valence-electron chi connectivity index (χ0n) is 22.2. The van der Waals surface area contributed by atoms with E-state index in [0.717, 1.165) is 41.1 Å². The average molecular weight is 568 g/mol. The Morgan fingerprint density at radius 2 is 1.56 bits per heavy atom. The highest BCUT2D eigenvalue weighted by Crippen LogP contribution is 2.26. The predicted octanol–water partition coefficient (Wildman–Crippen LogP) is 5.32. The van der Waals surface area contributed by atoms with Gasteiger partial charge in [0, 0.05) is 17.6 Å². The SMILES string of the molecule is Cc1ccc(CN(C(=O)CN(c2ccc(Cl)cc2)S(=O)(=O)c2ccccc2)C(C)C(=O)NC2CCCC2)cc1. The first-order chi connectivity index (χ1) is 18.6. The van der Waals surface area contributed by atoms with E-state index in [4.69, 9.17) is 11.6 Å². The molecule has 4 rings (SSSR count). The minimum atomic E-state index is -4.10. The molecule has 3 aromatic rings. The number of sulfonamides is 1. The van der Waals surface area contributed by atoms with E-state index in [-0.39, 0.29) is 23.4 Å². The van der Waals surface area contributed by atoms with Crippen LogP contribution in [0.25, 0.3) is 0 Å². The van der Waals surface area contributed by atoms with E-state index in [9.17, 15) is 18.0 Å². The van der Waals surface area contributed by atoms with Crippen LogP contribution in [-0.2, 0) is 26.2 Å². The molecular weight excluding hydrogens is 534 g/mol. The molecule has 0 radical (unpaired) electrons. The molecule has 3 aromatic carbocycles. The van der Waals surface area contributed by atoms with Crippen LogP contribution in [0.4, 0.5) is 5.69 Å². The van der Waals surface area contributed by atoms with Gasteiger partial charge in [-0.2, -0.15) is 0 Å². The molecule has 0 saturated heterocycles. The number of halogens is 1. The molecule has 1 atom stereocenters. The topological polar surface area (TPSA) is 86.8 Å². The molecule has 1 fully saturated rings. The number of nitrogens with zero attached hydrogens (tertiary/aromatic N) is 2. The summed E-state index contributed by atoms with van der Waals surface area (Å²) in [5.41, 5.74) is 2.22. The van der Waals surface area contributed by atoms with Gasteiger partial charge in [0.25, 0.3) is 10.0 Å². The maximum atomic E-state index is 13.9. The van der Waals surface area contributed by atoms with Gasteiger partial charge in [-0.25, -0.2) is 8.42 Å². The lowest BCUT2D eigenvalue weighted by Crippen LogP contribution is -2.52. The molecule has 206 valence electrons. The van der Waals surface area contributed by atoms with Crippen LogP contribution in [0.3, 0.4) is 0 Å². The van der Waals surface area contributed by atoms with Gasteiger partial charge in [-0.05, 0) is 68.7 Å². The average Bonchev–Trinajstić information content (AvgIpc) is 3.45. The summed E-state index contributed by atoms with van der Waals surface area (Å²) in [6, 6.07) is 21.3. The number of carbonyl (C=O) groups is 2. The minimum Gasteiger partial charge on any atom is -0.352 e. The molecule has 2 amide bonds. The Bertz CT molecular complexity index is 1370. The number of amides is 2. The lowest BCUT2D eigenvalue weighted by molar-refractivity contribution is -0.139. The second kappa shape index (κ2) is 12.7. The summed E-state index contributed by atoms with van der Waals surface area (Å²) in [6.07, 6.45) is 3.98. The molecule has 0 heterocycles. The van der Waals surface area contributed by atoms with Crippen molar-refractivity contribution in [2.45, 2.75) is 63.1 Å². The molecule has 0 spiro atoms. The summed E-state index contributed by atoms with van der Waals surface area (Å²) in [6.45, 7) is 3.35. The van der Waals surface area contributed by atoms with E-state index in [1.165, 1.54) is 17.0 Å². The number of hydrogen-bond acceptors (Lipinski definition) is 4. The van der Waals surface area contributed by atoms with Gasteiger partial charge in [-0.3, -0.25) is 13.9 Å². The van der Waals surface area contributed by atoms with E-state index in [1.807, 2.05) is 31.2 Å². The maximum Gasteiger partial charge on any atom is 0.264 e. The molecule has 1 saturated carbocycles. The monoisotopic (exact) mass is 567 g/mol. The van der Waals surface area contributed by atoms with Gasteiger partial charge in [-0.1, -0.05) is 72.5 Å². The first-order valence-corrected chi connectivity index (χ1v) is 15.0. The van der Waals surface area contributed by atoms with Gasteiger partial charge in [0.2, 0.25) is 11.8 Å². The van der Waals surface area contributed by atoms with Gasteiger partial charge < -0.3 is 10.2 Å². The maximum absolute atomic E-state index is 13.9. The quantitative estimate of drug-likeness (QED) is 0.359. The van der Waals surface area contributed by atoms with E-state index in [0.29, 0.717) is 10.7 Å². The van der Waals surface area contributed by atoms with Crippen molar-refractivity contribution in [1.82, 2.24) is 10.2 Å². The van der Waals surface area contributed by atoms with Gasteiger partial charge in [0.15, 0.2) is 0 Å². The molecule has 1 aliphatic rings. The van der Waals surface area contributed by atoms with Crippen molar-refractivity contribution in [2.24, 2.45) is 0 Å². The fourth-order valence-corrected chi connectivity index (χ4v) is 6.28. The molecule has 9 heteroatoms. The Morgan fingerprint density at radius 3 is 2.18 bits per heavy atom. The van der Waals surface area contributed by atoms with E-state index in [2.05, 4.69) is 5.32 Å². The number of rotatable bonds is 10. The fourth-order valence-electron chi connectivity index (χ4n) is 4.72. The molecule has 7 nitrogen and oxygen atoms in total. The Morgan fingerprint density at radius 1 is 0.949 bits per heavy atom. The smallest absolute Gasteiger partial charge is 0.264 e. The Kier molecular flexibility index (Phi) is 9.30. The van der Waals surface area contributed by atoms with Gasteiger partial charge in [0.1, 0.15) is 12.6 Å².